The average molecular weight is 318 g/mol. The average Bonchev–Trinajstić information content (AvgIpc) is 2.86. The maximum absolute atomic E-state index is 12.0. The summed E-state index contributed by atoms with van der Waals surface area (Å²) in [5.41, 5.74) is 0.965. The van der Waals surface area contributed by atoms with E-state index in [9.17, 15) is 9.59 Å². The van der Waals surface area contributed by atoms with Crippen molar-refractivity contribution in [3.8, 4) is 0 Å². The van der Waals surface area contributed by atoms with Gasteiger partial charge in [0, 0.05) is 12.8 Å². The van der Waals surface area contributed by atoms with E-state index in [1.54, 1.807) is 0 Å². The van der Waals surface area contributed by atoms with Crippen LogP contribution in [0.1, 0.15) is 71.1 Å². The molecule has 128 valence electrons. The van der Waals surface area contributed by atoms with E-state index in [0.717, 1.165) is 31.3 Å². The molecule has 0 unspecified atom stereocenters. The molecule has 1 N–H and O–H groups in total. The first-order valence-corrected chi connectivity index (χ1v) is 8.91. The smallest absolute Gasteiger partial charge is 0.303 e. The van der Waals surface area contributed by atoms with Crippen LogP contribution in [0.3, 0.4) is 0 Å². The second-order valence-electron chi connectivity index (χ2n) is 6.20. The Balaban J connectivity index is 2.37. The van der Waals surface area contributed by atoms with Gasteiger partial charge in [0.25, 0.3) is 0 Å². The predicted molar refractivity (Wildman–Crippen MR) is 94.3 cm³/mol. The molecular formula is C20H30O3. The zero-order valence-electron chi connectivity index (χ0n) is 14.3. The van der Waals surface area contributed by atoms with Crippen molar-refractivity contribution >= 4 is 11.8 Å². The van der Waals surface area contributed by atoms with E-state index in [0.29, 0.717) is 18.8 Å². The summed E-state index contributed by atoms with van der Waals surface area (Å²) in [6.07, 6.45) is 19.3. The third-order valence-corrected chi connectivity index (χ3v) is 4.22. The Kier molecular flexibility index (Phi) is 10.0. The summed E-state index contributed by atoms with van der Waals surface area (Å²) in [6.45, 7) is 2.20. The Bertz CT molecular complexity index is 458. The Labute approximate surface area is 140 Å². The lowest BCUT2D eigenvalue weighted by Gasteiger charge is -2.06. The number of ketones is 1. The highest BCUT2D eigenvalue weighted by Gasteiger charge is 2.26. The minimum absolute atomic E-state index is 0.222. The molecule has 1 saturated carbocycles. The van der Waals surface area contributed by atoms with Crippen molar-refractivity contribution < 1.29 is 14.7 Å². The summed E-state index contributed by atoms with van der Waals surface area (Å²) in [7, 11) is 0. The molecule has 3 heteroatoms. The van der Waals surface area contributed by atoms with Gasteiger partial charge in [-0.05, 0) is 50.0 Å². The summed E-state index contributed by atoms with van der Waals surface area (Å²) >= 11 is 0. The van der Waals surface area contributed by atoms with Crippen LogP contribution in [-0.4, -0.2) is 16.9 Å². The topological polar surface area (TPSA) is 54.4 Å². The molecule has 1 fully saturated rings. The summed E-state index contributed by atoms with van der Waals surface area (Å²) < 4.78 is 0. The molecule has 1 aliphatic rings. The van der Waals surface area contributed by atoms with E-state index in [4.69, 9.17) is 5.11 Å². The van der Waals surface area contributed by atoms with Crippen LogP contribution in [0.15, 0.2) is 36.0 Å². The van der Waals surface area contributed by atoms with Crippen LogP contribution in [0.2, 0.25) is 0 Å². The maximum Gasteiger partial charge on any atom is 0.303 e. The highest BCUT2D eigenvalue weighted by molar-refractivity contribution is 5.98. The second kappa shape index (κ2) is 11.9. The molecule has 0 radical (unpaired) electrons. The first kappa shape index (κ1) is 19.4. The van der Waals surface area contributed by atoms with Crippen molar-refractivity contribution in [2.24, 2.45) is 5.92 Å². The zero-order valence-corrected chi connectivity index (χ0v) is 14.3. The number of carboxylic acids is 1. The van der Waals surface area contributed by atoms with Gasteiger partial charge in [0.15, 0.2) is 5.78 Å². The van der Waals surface area contributed by atoms with Gasteiger partial charge < -0.3 is 5.11 Å². The molecule has 1 rings (SSSR count). The number of rotatable bonds is 11. The fraction of sp³-hybridized carbons (Fsp3) is 0.600. The first-order chi connectivity index (χ1) is 11.1. The van der Waals surface area contributed by atoms with Gasteiger partial charge in [-0.1, -0.05) is 50.1 Å². The van der Waals surface area contributed by atoms with Crippen LogP contribution in [0.5, 0.6) is 0 Å². The number of unbranched alkanes of at least 4 members (excludes halogenated alkanes) is 4. The van der Waals surface area contributed by atoms with Crippen LogP contribution >= 0.6 is 0 Å². The minimum Gasteiger partial charge on any atom is -0.481 e. The van der Waals surface area contributed by atoms with E-state index in [-0.39, 0.29) is 12.2 Å². The normalized spacial score (nSPS) is 20.3. The highest BCUT2D eigenvalue weighted by Crippen LogP contribution is 2.31. The molecule has 0 saturated heterocycles. The Morgan fingerprint density at radius 2 is 1.96 bits per heavy atom. The van der Waals surface area contributed by atoms with Gasteiger partial charge in [0.05, 0.1) is 0 Å². The highest BCUT2D eigenvalue weighted by atomic mass is 16.4. The van der Waals surface area contributed by atoms with Gasteiger partial charge >= 0.3 is 5.97 Å². The lowest BCUT2D eigenvalue weighted by Crippen LogP contribution is -2.00. The van der Waals surface area contributed by atoms with E-state index in [2.05, 4.69) is 19.1 Å². The largest absolute Gasteiger partial charge is 0.481 e. The molecule has 0 aromatic rings. The molecule has 0 aliphatic heterocycles. The second-order valence-corrected chi connectivity index (χ2v) is 6.20. The number of carboxylic acid groups (broad SMARTS) is 1. The molecule has 23 heavy (non-hydrogen) atoms. The first-order valence-electron chi connectivity index (χ1n) is 8.91. The third-order valence-electron chi connectivity index (χ3n) is 4.22. The molecule has 1 atom stereocenters. The van der Waals surface area contributed by atoms with E-state index in [1.165, 1.54) is 19.3 Å². The van der Waals surface area contributed by atoms with Crippen molar-refractivity contribution in [2.75, 3.05) is 0 Å². The zero-order chi connectivity index (χ0) is 16.9. The fourth-order valence-electron chi connectivity index (χ4n) is 2.84. The molecule has 0 spiro atoms. The van der Waals surface area contributed by atoms with Gasteiger partial charge in [-0.25, -0.2) is 0 Å². The fourth-order valence-corrected chi connectivity index (χ4v) is 2.84. The number of allylic oxidation sites excluding steroid dienone is 6. The standard InChI is InChI=1S/C20H30O3/c1-2-3-4-5-6-10-13-18-17(15-16-19(18)21)12-9-7-8-11-14-20(22)23/h6-7,9-10,13,17H,2-5,8,11-12,14-16H2,1H3,(H,22,23)/b9-7+,10-6-,18-13+/t17-/m0/s1. The summed E-state index contributed by atoms with van der Waals surface area (Å²) in [6, 6.07) is 0. The molecule has 3 nitrogen and oxygen atoms in total. The number of hydrogen-bond acceptors (Lipinski definition) is 2. The summed E-state index contributed by atoms with van der Waals surface area (Å²) in [4.78, 5) is 22.4. The van der Waals surface area contributed by atoms with Gasteiger partial charge in [-0.3, -0.25) is 9.59 Å². The number of Topliss-reactive ketones (excluding diaryl/α,β-unsaturated/α-hetero) is 1. The summed E-state index contributed by atoms with van der Waals surface area (Å²) in [5, 5.41) is 8.58. The van der Waals surface area contributed by atoms with Crippen molar-refractivity contribution in [3.05, 3.63) is 36.0 Å². The number of carbonyl (C=O) groups is 2. The van der Waals surface area contributed by atoms with Crippen molar-refractivity contribution in [1.29, 1.82) is 0 Å². The number of carbonyl (C=O) groups excluding carboxylic acids is 1. The van der Waals surface area contributed by atoms with Gasteiger partial charge in [0.2, 0.25) is 0 Å². The van der Waals surface area contributed by atoms with Crippen LogP contribution in [0, 0.1) is 5.92 Å². The summed E-state index contributed by atoms with van der Waals surface area (Å²) in [5.74, 6) is -0.123. The Hall–Kier alpha value is -1.64. The molecular weight excluding hydrogens is 288 g/mol. The molecule has 0 heterocycles. The van der Waals surface area contributed by atoms with E-state index in [1.807, 2.05) is 18.2 Å². The number of hydrogen-bond donors (Lipinski definition) is 1. The van der Waals surface area contributed by atoms with E-state index >= 15 is 0 Å². The van der Waals surface area contributed by atoms with Crippen LogP contribution < -0.4 is 0 Å². The third kappa shape index (κ3) is 8.53. The van der Waals surface area contributed by atoms with E-state index < -0.39 is 5.97 Å². The van der Waals surface area contributed by atoms with Crippen molar-refractivity contribution in [2.45, 2.75) is 71.1 Å². The Morgan fingerprint density at radius 1 is 1.17 bits per heavy atom. The molecule has 0 aromatic heterocycles. The predicted octanol–water partition coefficient (Wildman–Crippen LogP) is 5.23. The van der Waals surface area contributed by atoms with Gasteiger partial charge in [-0.15, -0.1) is 0 Å². The molecule has 0 bridgehead atoms. The number of aliphatic carboxylic acids is 1. The van der Waals surface area contributed by atoms with Crippen molar-refractivity contribution in [1.82, 2.24) is 0 Å². The monoisotopic (exact) mass is 318 g/mol. The molecule has 0 amide bonds. The van der Waals surface area contributed by atoms with Crippen LogP contribution in [0.25, 0.3) is 0 Å². The molecule has 0 aromatic carbocycles. The minimum atomic E-state index is -0.740. The lowest BCUT2D eigenvalue weighted by atomic mass is 9.97. The van der Waals surface area contributed by atoms with Crippen LogP contribution in [-0.2, 0) is 9.59 Å². The SMILES string of the molecule is CCCCC/C=C\C=C1\C(=O)CC[C@@H]1C/C=C/CCCC(=O)O. The Morgan fingerprint density at radius 3 is 2.70 bits per heavy atom. The lowest BCUT2D eigenvalue weighted by molar-refractivity contribution is -0.137. The van der Waals surface area contributed by atoms with Gasteiger partial charge in [0.1, 0.15) is 0 Å². The van der Waals surface area contributed by atoms with Crippen LogP contribution in [0.4, 0.5) is 0 Å². The van der Waals surface area contributed by atoms with Gasteiger partial charge in [-0.2, -0.15) is 0 Å². The maximum atomic E-state index is 12.0. The van der Waals surface area contributed by atoms with Crippen molar-refractivity contribution in [3.63, 3.8) is 0 Å². The molecule has 1 aliphatic carbocycles. The quantitative estimate of drug-likeness (QED) is 0.322.